The van der Waals surface area contributed by atoms with Gasteiger partial charge in [-0.1, -0.05) is 30.3 Å². The Kier molecular flexibility index (Phi) is 5.66. The summed E-state index contributed by atoms with van der Waals surface area (Å²) in [5, 5.41) is 3.16. The van der Waals surface area contributed by atoms with Gasteiger partial charge in [0.2, 0.25) is 11.7 Å². The van der Waals surface area contributed by atoms with E-state index in [2.05, 4.69) is 17.4 Å². The van der Waals surface area contributed by atoms with Crippen LogP contribution in [0.4, 0.5) is 0 Å². The topological polar surface area (TPSA) is 56.8 Å². The molecular weight excluding hydrogens is 330 g/mol. The number of fused-ring (bicyclic) bond motifs is 1. The maximum absolute atomic E-state index is 12.5. The van der Waals surface area contributed by atoms with Crippen LogP contribution >= 0.6 is 0 Å². The molecule has 1 atom stereocenters. The van der Waals surface area contributed by atoms with E-state index in [1.54, 1.807) is 21.3 Å². The summed E-state index contributed by atoms with van der Waals surface area (Å²) in [5.74, 6) is 1.83. The monoisotopic (exact) mass is 355 g/mol. The molecule has 0 spiro atoms. The van der Waals surface area contributed by atoms with Crippen molar-refractivity contribution in [3.05, 3.63) is 53.1 Å². The Morgan fingerprint density at radius 1 is 1.04 bits per heavy atom. The number of methoxy groups -OCH3 is 3. The fourth-order valence-corrected chi connectivity index (χ4v) is 3.58. The summed E-state index contributed by atoms with van der Waals surface area (Å²) in [7, 11) is 4.76. The highest BCUT2D eigenvalue weighted by Gasteiger charge is 2.23. The lowest BCUT2D eigenvalue weighted by molar-refractivity contribution is -0.121. The Morgan fingerprint density at radius 3 is 2.54 bits per heavy atom. The Balaban J connectivity index is 1.65. The van der Waals surface area contributed by atoms with E-state index in [0.29, 0.717) is 30.1 Å². The van der Waals surface area contributed by atoms with Gasteiger partial charge in [0.05, 0.1) is 27.4 Å². The lowest BCUT2D eigenvalue weighted by Crippen LogP contribution is -2.27. The van der Waals surface area contributed by atoms with Gasteiger partial charge in [-0.25, -0.2) is 0 Å². The van der Waals surface area contributed by atoms with Crippen LogP contribution in [-0.4, -0.2) is 27.2 Å². The molecule has 1 aliphatic rings. The van der Waals surface area contributed by atoms with E-state index in [9.17, 15) is 4.79 Å². The first kappa shape index (κ1) is 18.1. The normalized spacial score (nSPS) is 15.3. The lowest BCUT2D eigenvalue weighted by atomic mass is 10.1. The van der Waals surface area contributed by atoms with Crippen molar-refractivity contribution in [1.82, 2.24) is 5.32 Å². The Labute approximate surface area is 154 Å². The first-order valence-electron chi connectivity index (χ1n) is 8.83. The average Bonchev–Trinajstić information content (AvgIpc) is 3.08. The molecular formula is C21H25NO4. The minimum absolute atomic E-state index is 0.0449. The molecule has 2 aromatic carbocycles. The first-order chi connectivity index (χ1) is 12.7. The molecule has 0 aliphatic heterocycles. The summed E-state index contributed by atoms with van der Waals surface area (Å²) in [4.78, 5) is 12.5. The lowest BCUT2D eigenvalue weighted by Gasteiger charge is -2.17. The summed E-state index contributed by atoms with van der Waals surface area (Å²) >= 11 is 0. The van der Waals surface area contributed by atoms with Crippen LogP contribution in [0.1, 0.15) is 35.6 Å². The van der Waals surface area contributed by atoms with Gasteiger partial charge in [0, 0.05) is 6.42 Å². The quantitative estimate of drug-likeness (QED) is 0.826. The molecule has 5 heteroatoms. The summed E-state index contributed by atoms with van der Waals surface area (Å²) in [6, 6.07) is 12.2. The maximum atomic E-state index is 12.5. The van der Waals surface area contributed by atoms with Crippen LogP contribution in [0.3, 0.4) is 0 Å². The van der Waals surface area contributed by atoms with Crippen molar-refractivity contribution in [3.8, 4) is 17.2 Å². The molecule has 0 aromatic heterocycles. The van der Waals surface area contributed by atoms with E-state index in [1.165, 1.54) is 11.1 Å². The van der Waals surface area contributed by atoms with Crippen LogP contribution in [0.25, 0.3) is 0 Å². The van der Waals surface area contributed by atoms with Crippen LogP contribution in [0.5, 0.6) is 17.2 Å². The van der Waals surface area contributed by atoms with Crippen LogP contribution in [0, 0.1) is 0 Å². The van der Waals surface area contributed by atoms with Crippen molar-refractivity contribution in [1.29, 1.82) is 0 Å². The minimum Gasteiger partial charge on any atom is -0.493 e. The summed E-state index contributed by atoms with van der Waals surface area (Å²) in [6.45, 7) is 0. The second-order valence-corrected chi connectivity index (χ2v) is 6.35. The average molecular weight is 355 g/mol. The molecule has 0 unspecified atom stereocenters. The summed E-state index contributed by atoms with van der Waals surface area (Å²) in [6.07, 6.45) is 2.95. The fourth-order valence-electron chi connectivity index (χ4n) is 3.58. The number of aryl methyl sites for hydroxylation is 2. The molecule has 0 bridgehead atoms. The van der Waals surface area contributed by atoms with Crippen LogP contribution in [0.2, 0.25) is 0 Å². The molecule has 0 saturated heterocycles. The van der Waals surface area contributed by atoms with Crippen molar-refractivity contribution in [2.24, 2.45) is 0 Å². The number of carbonyl (C=O) groups is 1. The number of hydrogen-bond acceptors (Lipinski definition) is 4. The highest BCUT2D eigenvalue weighted by molar-refractivity contribution is 5.77. The van der Waals surface area contributed by atoms with Gasteiger partial charge in [0.15, 0.2) is 11.5 Å². The molecule has 0 saturated carbocycles. The zero-order valence-corrected chi connectivity index (χ0v) is 15.5. The molecule has 26 heavy (non-hydrogen) atoms. The number of rotatable bonds is 7. The van der Waals surface area contributed by atoms with Crippen molar-refractivity contribution in [2.45, 2.75) is 31.7 Å². The fraction of sp³-hybridized carbons (Fsp3) is 0.381. The molecule has 138 valence electrons. The second kappa shape index (κ2) is 8.13. The van der Waals surface area contributed by atoms with E-state index in [-0.39, 0.29) is 11.9 Å². The van der Waals surface area contributed by atoms with E-state index in [1.807, 2.05) is 24.3 Å². The third-order valence-electron chi connectivity index (χ3n) is 4.88. The van der Waals surface area contributed by atoms with Gasteiger partial charge >= 0.3 is 0 Å². The predicted octanol–water partition coefficient (Wildman–Crippen LogP) is 3.45. The molecule has 1 aliphatic carbocycles. The largest absolute Gasteiger partial charge is 0.493 e. The zero-order valence-electron chi connectivity index (χ0n) is 15.5. The number of ether oxygens (including phenoxy) is 3. The zero-order chi connectivity index (χ0) is 18.5. The number of benzene rings is 2. The van der Waals surface area contributed by atoms with Crippen LogP contribution < -0.4 is 19.5 Å². The summed E-state index contributed by atoms with van der Waals surface area (Å²) < 4.78 is 16.2. The van der Waals surface area contributed by atoms with Gasteiger partial charge in [-0.15, -0.1) is 0 Å². The number of amides is 1. The van der Waals surface area contributed by atoms with Crippen LogP contribution in [0.15, 0.2) is 36.4 Å². The Morgan fingerprint density at radius 2 is 1.81 bits per heavy atom. The molecule has 5 nitrogen and oxygen atoms in total. The maximum Gasteiger partial charge on any atom is 0.220 e. The van der Waals surface area contributed by atoms with E-state index >= 15 is 0 Å². The summed E-state index contributed by atoms with van der Waals surface area (Å²) in [5.41, 5.74) is 3.50. The highest BCUT2D eigenvalue weighted by Crippen LogP contribution is 2.40. The van der Waals surface area contributed by atoms with Crippen LogP contribution in [-0.2, 0) is 17.6 Å². The van der Waals surface area contributed by atoms with Gasteiger partial charge in [0.25, 0.3) is 0 Å². The predicted molar refractivity (Wildman–Crippen MR) is 100 cm³/mol. The van der Waals surface area contributed by atoms with Crippen molar-refractivity contribution in [3.63, 3.8) is 0 Å². The van der Waals surface area contributed by atoms with E-state index < -0.39 is 0 Å². The molecule has 3 rings (SSSR count). The highest BCUT2D eigenvalue weighted by atomic mass is 16.5. The third kappa shape index (κ3) is 3.62. The molecule has 0 radical (unpaired) electrons. The van der Waals surface area contributed by atoms with Gasteiger partial charge < -0.3 is 19.5 Å². The third-order valence-corrected chi connectivity index (χ3v) is 4.88. The molecule has 1 N–H and O–H groups in total. The number of hydrogen-bond donors (Lipinski definition) is 1. The standard InChI is InChI=1S/C21H25NO4/c1-24-18-12-9-15(20(25-2)21(18)26-3)10-13-19(23)22-17-11-8-14-6-4-5-7-16(14)17/h4-7,9,12,17H,8,10-11,13H2,1-3H3,(H,22,23)/t17-/m0/s1. The SMILES string of the molecule is COc1ccc(CCC(=O)N[C@H]2CCc3ccccc32)c(OC)c1OC. The Hall–Kier alpha value is -2.69. The molecule has 0 heterocycles. The van der Waals surface area contributed by atoms with E-state index in [4.69, 9.17) is 14.2 Å². The van der Waals surface area contributed by atoms with Gasteiger partial charge in [-0.3, -0.25) is 4.79 Å². The smallest absolute Gasteiger partial charge is 0.220 e. The van der Waals surface area contributed by atoms with Gasteiger partial charge in [-0.2, -0.15) is 0 Å². The molecule has 2 aromatic rings. The van der Waals surface area contributed by atoms with Gasteiger partial charge in [0.1, 0.15) is 0 Å². The van der Waals surface area contributed by atoms with Crippen molar-refractivity contribution in [2.75, 3.05) is 21.3 Å². The van der Waals surface area contributed by atoms with Gasteiger partial charge in [-0.05, 0) is 42.0 Å². The second-order valence-electron chi connectivity index (χ2n) is 6.35. The molecule has 0 fully saturated rings. The number of nitrogens with one attached hydrogen (secondary N) is 1. The van der Waals surface area contributed by atoms with Crippen molar-refractivity contribution < 1.29 is 19.0 Å². The Bertz CT molecular complexity index is 788. The first-order valence-corrected chi connectivity index (χ1v) is 8.83. The van der Waals surface area contributed by atoms with E-state index in [0.717, 1.165) is 18.4 Å². The number of carbonyl (C=O) groups excluding carboxylic acids is 1. The minimum atomic E-state index is 0.0449. The molecule has 1 amide bonds. The van der Waals surface area contributed by atoms with Crippen molar-refractivity contribution >= 4 is 5.91 Å².